The standard InChI is InChI=1S/C30H38NO4P/c1-29(2,3)25-18-32-28(31-25)30(4,5)35-36-33-23-16-14-19-10-6-8-12-21(19)26(23)27-22-13-9-7-11-20(22)15-17-24(27)34-36/h14-17,25H,6-13,18H2,1-5H3/t25-/m1/s1. The van der Waals surface area contributed by atoms with Crippen molar-refractivity contribution in [2.24, 2.45) is 10.4 Å². The van der Waals surface area contributed by atoms with E-state index in [2.05, 4.69) is 45.0 Å². The van der Waals surface area contributed by atoms with E-state index in [1.807, 2.05) is 13.8 Å². The minimum atomic E-state index is -1.71. The SMILES string of the molecule is CC(C)(Op1oc2ccc3c(c2c2c4c(ccc2o1)CCCC4)CCCC3)C1=N[C@@H](C(C)(C)C)CO1. The molecule has 36 heavy (non-hydrogen) atoms. The third kappa shape index (κ3) is 4.29. The number of hydrogen-bond acceptors (Lipinski definition) is 5. The van der Waals surface area contributed by atoms with Gasteiger partial charge in [0.2, 0.25) is 5.90 Å². The van der Waals surface area contributed by atoms with Gasteiger partial charge in [0.25, 0.3) is 0 Å². The Balaban J connectivity index is 1.53. The van der Waals surface area contributed by atoms with Gasteiger partial charge in [-0.3, -0.25) is 4.52 Å². The highest BCUT2D eigenvalue weighted by atomic mass is 31.1. The Bertz CT molecular complexity index is 1320. The monoisotopic (exact) mass is 507 g/mol. The van der Waals surface area contributed by atoms with Gasteiger partial charge in [-0.1, -0.05) is 32.9 Å². The second-order valence-electron chi connectivity index (χ2n) is 12.2. The van der Waals surface area contributed by atoms with Crippen molar-refractivity contribution in [2.45, 2.75) is 97.6 Å². The molecule has 2 aromatic carbocycles. The predicted octanol–water partition coefficient (Wildman–Crippen LogP) is 8.10. The Morgan fingerprint density at radius 2 is 1.31 bits per heavy atom. The highest BCUT2D eigenvalue weighted by Gasteiger charge is 2.39. The number of aryl methyl sites for hydroxylation is 4. The predicted molar refractivity (Wildman–Crippen MR) is 147 cm³/mol. The minimum Gasteiger partial charge on any atom is -0.477 e. The van der Waals surface area contributed by atoms with E-state index in [-0.39, 0.29) is 11.5 Å². The number of fused-ring (bicyclic) bond motifs is 7. The summed E-state index contributed by atoms with van der Waals surface area (Å²) in [6.45, 7) is 11.2. The van der Waals surface area contributed by atoms with Gasteiger partial charge in [-0.2, -0.15) is 0 Å². The first-order chi connectivity index (χ1) is 17.2. The summed E-state index contributed by atoms with van der Waals surface area (Å²) in [5.74, 6) is 0.623. The summed E-state index contributed by atoms with van der Waals surface area (Å²) in [6, 6.07) is 8.91. The molecule has 1 aliphatic heterocycles. The molecule has 2 heterocycles. The normalized spacial score (nSPS) is 20.1. The van der Waals surface area contributed by atoms with Crippen LogP contribution in [0.5, 0.6) is 0 Å². The van der Waals surface area contributed by atoms with Crippen LogP contribution in [0.25, 0.3) is 21.9 Å². The average Bonchev–Trinajstić information content (AvgIpc) is 3.31. The van der Waals surface area contributed by atoms with Crippen molar-refractivity contribution in [3.8, 4) is 0 Å². The second-order valence-corrected chi connectivity index (χ2v) is 13.2. The van der Waals surface area contributed by atoms with Gasteiger partial charge < -0.3 is 13.1 Å². The largest absolute Gasteiger partial charge is 0.477 e. The van der Waals surface area contributed by atoms with E-state index in [4.69, 9.17) is 22.6 Å². The van der Waals surface area contributed by atoms with Crippen LogP contribution in [0, 0.1) is 5.41 Å². The lowest BCUT2D eigenvalue weighted by atomic mass is 9.84. The average molecular weight is 508 g/mol. The van der Waals surface area contributed by atoms with Gasteiger partial charge in [0, 0.05) is 10.8 Å². The van der Waals surface area contributed by atoms with Crippen LogP contribution >= 0.6 is 8.24 Å². The summed E-state index contributed by atoms with van der Waals surface area (Å²) in [7, 11) is -1.71. The maximum atomic E-state index is 6.60. The van der Waals surface area contributed by atoms with E-state index in [1.54, 1.807) is 0 Å². The Labute approximate surface area is 214 Å². The summed E-state index contributed by atoms with van der Waals surface area (Å²) in [5, 5.41) is 2.49. The van der Waals surface area contributed by atoms with Crippen molar-refractivity contribution in [1.82, 2.24) is 0 Å². The third-order valence-corrected chi connectivity index (χ3v) is 9.35. The van der Waals surface area contributed by atoms with E-state index in [1.165, 1.54) is 58.7 Å². The molecule has 6 rings (SSSR count). The number of hydrogen-bond donors (Lipinski definition) is 0. The number of ether oxygens (including phenoxy) is 1. The van der Waals surface area contributed by atoms with E-state index < -0.39 is 13.8 Å². The van der Waals surface area contributed by atoms with Crippen molar-refractivity contribution >= 4 is 36.1 Å². The van der Waals surface area contributed by atoms with E-state index in [9.17, 15) is 0 Å². The molecule has 5 nitrogen and oxygen atoms in total. The van der Waals surface area contributed by atoms with Gasteiger partial charge in [0.15, 0.2) is 5.60 Å². The Kier molecular flexibility index (Phi) is 6.00. The molecule has 0 amide bonds. The van der Waals surface area contributed by atoms with Crippen LogP contribution in [0.4, 0.5) is 0 Å². The molecule has 0 saturated carbocycles. The lowest BCUT2D eigenvalue weighted by molar-refractivity contribution is 0.177. The smallest absolute Gasteiger partial charge is 0.388 e. The molecule has 1 atom stereocenters. The molecular weight excluding hydrogens is 469 g/mol. The Morgan fingerprint density at radius 3 is 1.81 bits per heavy atom. The van der Waals surface area contributed by atoms with Gasteiger partial charge in [-0.25, -0.2) is 4.99 Å². The summed E-state index contributed by atoms with van der Waals surface area (Å²) in [6.07, 6.45) is 9.41. The van der Waals surface area contributed by atoms with Crippen LogP contribution in [0.2, 0.25) is 0 Å². The van der Waals surface area contributed by atoms with Gasteiger partial charge in [0.1, 0.15) is 17.8 Å². The van der Waals surface area contributed by atoms with Gasteiger partial charge in [-0.15, -0.1) is 0 Å². The van der Waals surface area contributed by atoms with Gasteiger partial charge in [-0.05, 0) is 105 Å². The summed E-state index contributed by atoms with van der Waals surface area (Å²) >= 11 is 0. The molecule has 1 aromatic heterocycles. The molecule has 3 aromatic rings. The van der Waals surface area contributed by atoms with Crippen molar-refractivity contribution in [3.05, 3.63) is 46.5 Å². The fraction of sp³-hybridized carbons (Fsp3) is 0.567. The number of nitrogens with zero attached hydrogens (tertiary/aromatic N) is 1. The van der Waals surface area contributed by atoms with Crippen molar-refractivity contribution in [2.75, 3.05) is 6.61 Å². The fourth-order valence-corrected chi connectivity index (χ4v) is 7.09. The van der Waals surface area contributed by atoms with Crippen LogP contribution in [0.15, 0.2) is 37.7 Å². The lowest BCUT2D eigenvalue weighted by Gasteiger charge is -2.22. The number of aliphatic imine (C=N–C) groups is 1. The first-order valence-corrected chi connectivity index (χ1v) is 14.7. The molecule has 0 saturated heterocycles. The molecule has 0 N–H and O–H groups in total. The minimum absolute atomic E-state index is 0.0363. The molecule has 0 fully saturated rings. The van der Waals surface area contributed by atoms with Gasteiger partial charge in [0.05, 0.1) is 6.04 Å². The fourth-order valence-electron chi connectivity index (χ4n) is 5.90. The van der Waals surface area contributed by atoms with Crippen LogP contribution in [0.1, 0.15) is 82.6 Å². The Morgan fingerprint density at radius 1 is 0.778 bits per heavy atom. The van der Waals surface area contributed by atoms with Crippen LogP contribution in [-0.2, 0) is 30.4 Å². The summed E-state index contributed by atoms with van der Waals surface area (Å²) in [4.78, 5) is 4.89. The zero-order valence-corrected chi connectivity index (χ0v) is 23.2. The molecule has 0 spiro atoms. The zero-order valence-electron chi connectivity index (χ0n) is 22.3. The number of benzene rings is 2. The molecule has 3 aliphatic rings. The molecular formula is C30H38NO4P. The maximum absolute atomic E-state index is 6.60. The van der Waals surface area contributed by atoms with Gasteiger partial charge >= 0.3 is 8.24 Å². The van der Waals surface area contributed by atoms with Crippen LogP contribution < -0.4 is 4.52 Å². The summed E-state index contributed by atoms with van der Waals surface area (Å²) < 4.78 is 25.8. The van der Waals surface area contributed by atoms with E-state index in [0.717, 1.165) is 36.8 Å². The second kappa shape index (κ2) is 8.96. The van der Waals surface area contributed by atoms with Crippen LogP contribution in [-0.4, -0.2) is 24.1 Å². The zero-order chi connectivity index (χ0) is 25.1. The van der Waals surface area contributed by atoms with E-state index in [0.29, 0.717) is 12.5 Å². The molecule has 0 bridgehead atoms. The topological polar surface area (TPSA) is 57.1 Å². The first kappa shape index (κ1) is 24.1. The third-order valence-electron chi connectivity index (χ3n) is 8.05. The van der Waals surface area contributed by atoms with Crippen LogP contribution in [0.3, 0.4) is 0 Å². The van der Waals surface area contributed by atoms with Crippen molar-refractivity contribution in [3.63, 3.8) is 0 Å². The van der Waals surface area contributed by atoms with Crippen molar-refractivity contribution < 1.29 is 17.7 Å². The Hall–Kier alpha value is -2.23. The molecule has 6 heteroatoms. The van der Waals surface area contributed by atoms with E-state index >= 15 is 0 Å². The first-order valence-electron chi connectivity index (χ1n) is 13.6. The maximum Gasteiger partial charge on any atom is 0.388 e. The lowest BCUT2D eigenvalue weighted by Crippen LogP contribution is -2.37. The van der Waals surface area contributed by atoms with Crippen molar-refractivity contribution in [1.29, 1.82) is 0 Å². The molecule has 0 unspecified atom stereocenters. The quantitative estimate of drug-likeness (QED) is 0.359. The summed E-state index contributed by atoms with van der Waals surface area (Å²) in [5.41, 5.74) is 6.84. The highest BCUT2D eigenvalue weighted by Crippen LogP contribution is 2.43. The highest BCUT2D eigenvalue weighted by molar-refractivity contribution is 7.32. The molecule has 192 valence electrons. The number of rotatable bonds is 3. The molecule has 2 aliphatic carbocycles. The molecule has 0 radical (unpaired) electrons.